The minimum Gasteiger partial charge on any atom is -0.481 e. The second-order valence-corrected chi connectivity index (χ2v) is 6.00. The summed E-state index contributed by atoms with van der Waals surface area (Å²) in [4.78, 5) is 26.8. The largest absolute Gasteiger partial charge is 0.481 e. The summed E-state index contributed by atoms with van der Waals surface area (Å²) in [5, 5.41) is 11.8. The summed E-state index contributed by atoms with van der Waals surface area (Å²) in [5.41, 5.74) is 0. The zero-order valence-electron chi connectivity index (χ0n) is 12.2. The number of carboxylic acid groups (broad SMARTS) is 1. The molecule has 2 N–H and O–H groups in total. The number of nitrogens with zero attached hydrogens (tertiary/aromatic N) is 2. The number of carbonyl (C=O) groups excluding carboxylic acids is 1. The Morgan fingerprint density at radius 2 is 2.10 bits per heavy atom. The van der Waals surface area contributed by atoms with Crippen molar-refractivity contribution in [1.29, 1.82) is 0 Å². The molecule has 0 aromatic rings. The van der Waals surface area contributed by atoms with Crippen molar-refractivity contribution in [2.24, 2.45) is 5.92 Å². The van der Waals surface area contributed by atoms with Gasteiger partial charge in [0.25, 0.3) is 0 Å². The lowest BCUT2D eigenvalue weighted by Crippen LogP contribution is -2.47. The van der Waals surface area contributed by atoms with Gasteiger partial charge < -0.3 is 20.2 Å². The van der Waals surface area contributed by atoms with Crippen molar-refractivity contribution in [1.82, 2.24) is 15.1 Å². The van der Waals surface area contributed by atoms with E-state index in [0.29, 0.717) is 19.1 Å². The number of rotatable bonds is 6. The normalized spacial score (nSPS) is 22.9. The van der Waals surface area contributed by atoms with Gasteiger partial charge >= 0.3 is 12.0 Å². The average Bonchev–Trinajstić information content (AvgIpc) is 3.22. The summed E-state index contributed by atoms with van der Waals surface area (Å²) >= 11 is 0. The maximum absolute atomic E-state index is 12.0. The molecule has 114 valence electrons. The van der Waals surface area contributed by atoms with Gasteiger partial charge in [0.05, 0.1) is 0 Å². The van der Waals surface area contributed by atoms with Crippen molar-refractivity contribution in [2.45, 2.75) is 38.1 Å². The molecule has 1 saturated carbocycles. The molecule has 0 spiro atoms. The molecule has 1 aliphatic carbocycles. The van der Waals surface area contributed by atoms with Gasteiger partial charge in [0.2, 0.25) is 0 Å². The molecule has 1 heterocycles. The van der Waals surface area contributed by atoms with Crippen LogP contribution in [0.5, 0.6) is 0 Å². The molecule has 0 bridgehead atoms. The van der Waals surface area contributed by atoms with E-state index in [-0.39, 0.29) is 18.4 Å². The number of carboxylic acids is 1. The second-order valence-electron chi connectivity index (χ2n) is 6.00. The van der Waals surface area contributed by atoms with Gasteiger partial charge in [-0.05, 0) is 38.6 Å². The Labute approximate surface area is 120 Å². The van der Waals surface area contributed by atoms with Gasteiger partial charge in [-0.1, -0.05) is 0 Å². The van der Waals surface area contributed by atoms with Crippen molar-refractivity contribution in [3.63, 3.8) is 0 Å². The monoisotopic (exact) mass is 283 g/mol. The van der Waals surface area contributed by atoms with Crippen LogP contribution in [0.15, 0.2) is 0 Å². The highest BCUT2D eigenvalue weighted by molar-refractivity contribution is 5.74. The number of aliphatic carboxylic acids is 1. The van der Waals surface area contributed by atoms with E-state index in [1.54, 1.807) is 4.90 Å². The van der Waals surface area contributed by atoms with Crippen LogP contribution in [0.3, 0.4) is 0 Å². The van der Waals surface area contributed by atoms with E-state index >= 15 is 0 Å². The molecule has 1 unspecified atom stereocenters. The molecule has 0 radical (unpaired) electrons. The number of carbonyl (C=O) groups is 2. The Morgan fingerprint density at radius 3 is 2.75 bits per heavy atom. The van der Waals surface area contributed by atoms with Gasteiger partial charge in [0, 0.05) is 38.6 Å². The van der Waals surface area contributed by atoms with Crippen LogP contribution in [0.1, 0.15) is 32.1 Å². The van der Waals surface area contributed by atoms with E-state index in [9.17, 15) is 9.59 Å². The molecule has 6 heteroatoms. The van der Waals surface area contributed by atoms with Crippen LogP contribution in [-0.4, -0.2) is 66.2 Å². The molecule has 2 fully saturated rings. The van der Waals surface area contributed by atoms with Crippen LogP contribution < -0.4 is 5.32 Å². The molecule has 20 heavy (non-hydrogen) atoms. The Hall–Kier alpha value is -1.30. The Kier molecular flexibility index (Phi) is 5.23. The number of nitrogens with one attached hydrogen (secondary N) is 1. The molecular formula is C14H25N3O3. The molecular weight excluding hydrogens is 258 g/mol. The van der Waals surface area contributed by atoms with Gasteiger partial charge in [0.15, 0.2) is 0 Å². The van der Waals surface area contributed by atoms with Gasteiger partial charge in [-0.3, -0.25) is 4.79 Å². The number of likely N-dealkylation sites (tertiary alicyclic amines) is 1. The van der Waals surface area contributed by atoms with E-state index in [1.807, 2.05) is 0 Å². The van der Waals surface area contributed by atoms with Crippen molar-refractivity contribution < 1.29 is 14.7 Å². The Morgan fingerprint density at radius 1 is 1.35 bits per heavy atom. The van der Waals surface area contributed by atoms with Crippen LogP contribution >= 0.6 is 0 Å². The minimum atomic E-state index is -0.775. The summed E-state index contributed by atoms with van der Waals surface area (Å²) in [6.07, 6.45) is 4.50. The zero-order chi connectivity index (χ0) is 14.5. The Bertz CT molecular complexity index is 358. The molecule has 2 rings (SSSR count). The molecule has 2 aliphatic rings. The first-order valence-corrected chi connectivity index (χ1v) is 7.51. The number of hydrogen-bond acceptors (Lipinski definition) is 3. The van der Waals surface area contributed by atoms with Crippen molar-refractivity contribution >= 4 is 12.0 Å². The third-order valence-electron chi connectivity index (χ3n) is 4.18. The smallest absolute Gasteiger partial charge is 0.317 e. The van der Waals surface area contributed by atoms with Crippen molar-refractivity contribution in [2.75, 3.05) is 33.2 Å². The summed E-state index contributed by atoms with van der Waals surface area (Å²) < 4.78 is 0. The highest BCUT2D eigenvalue weighted by Gasteiger charge is 2.27. The second kappa shape index (κ2) is 6.92. The first-order valence-electron chi connectivity index (χ1n) is 7.51. The third kappa shape index (κ3) is 4.67. The predicted molar refractivity (Wildman–Crippen MR) is 75.6 cm³/mol. The van der Waals surface area contributed by atoms with Crippen LogP contribution in [0.4, 0.5) is 4.79 Å². The number of urea groups is 1. The van der Waals surface area contributed by atoms with E-state index in [1.165, 1.54) is 12.8 Å². The molecule has 0 aromatic carbocycles. The van der Waals surface area contributed by atoms with Crippen LogP contribution in [0.25, 0.3) is 0 Å². The lowest BCUT2D eigenvalue weighted by Gasteiger charge is -2.32. The molecule has 2 amide bonds. The zero-order valence-corrected chi connectivity index (χ0v) is 12.2. The first kappa shape index (κ1) is 15.1. The minimum absolute atomic E-state index is 0.0516. The number of likely N-dealkylation sites (N-methyl/N-ethyl adjacent to an activating group) is 1. The number of piperidine rings is 1. The molecule has 0 aromatic heterocycles. The lowest BCUT2D eigenvalue weighted by molar-refractivity contribution is -0.138. The van der Waals surface area contributed by atoms with E-state index in [4.69, 9.17) is 5.11 Å². The van der Waals surface area contributed by atoms with Crippen molar-refractivity contribution in [3.05, 3.63) is 0 Å². The van der Waals surface area contributed by atoms with Crippen LogP contribution in [-0.2, 0) is 4.79 Å². The van der Waals surface area contributed by atoms with E-state index in [2.05, 4.69) is 17.3 Å². The topological polar surface area (TPSA) is 72.9 Å². The molecule has 1 saturated heterocycles. The average molecular weight is 283 g/mol. The van der Waals surface area contributed by atoms with Gasteiger partial charge in [0.1, 0.15) is 0 Å². The predicted octanol–water partition coefficient (Wildman–Crippen LogP) is 0.977. The fourth-order valence-corrected chi connectivity index (χ4v) is 2.81. The van der Waals surface area contributed by atoms with Gasteiger partial charge in [-0.2, -0.15) is 0 Å². The first-order chi connectivity index (χ1) is 9.56. The van der Waals surface area contributed by atoms with Crippen molar-refractivity contribution in [3.8, 4) is 0 Å². The number of amides is 2. The molecule has 1 atom stereocenters. The Balaban J connectivity index is 1.66. The SMILES string of the molecule is CN(CCNC(=O)N1CCCC(CC(=O)O)C1)C1CC1. The maximum atomic E-state index is 12.0. The lowest BCUT2D eigenvalue weighted by atomic mass is 9.95. The molecule has 1 aliphatic heterocycles. The van der Waals surface area contributed by atoms with Crippen LogP contribution in [0, 0.1) is 5.92 Å². The highest BCUT2D eigenvalue weighted by Crippen LogP contribution is 2.24. The summed E-state index contributed by atoms with van der Waals surface area (Å²) in [6.45, 7) is 2.84. The standard InChI is InChI=1S/C14H25N3O3/c1-16(12-4-5-12)8-6-15-14(20)17-7-2-3-11(10-17)9-13(18)19/h11-12H,2-10H2,1H3,(H,15,20)(H,18,19). The fourth-order valence-electron chi connectivity index (χ4n) is 2.81. The third-order valence-corrected chi connectivity index (χ3v) is 4.18. The maximum Gasteiger partial charge on any atom is 0.317 e. The molecule has 6 nitrogen and oxygen atoms in total. The summed E-state index contributed by atoms with van der Waals surface area (Å²) in [6, 6.07) is 0.658. The number of hydrogen-bond donors (Lipinski definition) is 2. The van der Waals surface area contributed by atoms with Gasteiger partial charge in [-0.25, -0.2) is 4.79 Å². The van der Waals surface area contributed by atoms with E-state index < -0.39 is 5.97 Å². The fraction of sp³-hybridized carbons (Fsp3) is 0.857. The quantitative estimate of drug-likeness (QED) is 0.762. The summed E-state index contributed by atoms with van der Waals surface area (Å²) in [5.74, 6) is -0.676. The van der Waals surface area contributed by atoms with Crippen LogP contribution in [0.2, 0.25) is 0 Å². The summed E-state index contributed by atoms with van der Waals surface area (Å²) in [7, 11) is 2.09. The highest BCUT2D eigenvalue weighted by atomic mass is 16.4. The van der Waals surface area contributed by atoms with E-state index in [0.717, 1.165) is 25.9 Å². The van der Waals surface area contributed by atoms with Gasteiger partial charge in [-0.15, -0.1) is 0 Å².